The maximum absolute atomic E-state index is 13.3. The van der Waals surface area contributed by atoms with E-state index in [2.05, 4.69) is 11.1 Å². The first-order chi connectivity index (χ1) is 13.7. The Bertz CT molecular complexity index is 999. The summed E-state index contributed by atoms with van der Waals surface area (Å²) in [5, 5.41) is 1.11. The third kappa shape index (κ3) is 3.07. The number of pyridine rings is 1. The Morgan fingerprint density at radius 3 is 2.64 bits per heavy atom. The minimum atomic E-state index is -0.0336. The highest BCUT2D eigenvalue weighted by Gasteiger charge is 2.39. The van der Waals surface area contributed by atoms with E-state index in [0.717, 1.165) is 34.3 Å². The molecule has 0 unspecified atom stereocenters. The van der Waals surface area contributed by atoms with Crippen LogP contribution >= 0.6 is 11.3 Å². The number of amides is 2. The van der Waals surface area contributed by atoms with E-state index >= 15 is 0 Å². The summed E-state index contributed by atoms with van der Waals surface area (Å²) in [6.45, 7) is 2.01. The fraction of sp³-hybridized carbons (Fsp3) is 0.318. The maximum atomic E-state index is 13.3. The molecule has 28 heavy (non-hydrogen) atoms. The summed E-state index contributed by atoms with van der Waals surface area (Å²) in [5.41, 5.74) is 0.478. The molecule has 6 heteroatoms. The first-order valence-electron chi connectivity index (χ1n) is 9.69. The number of nitrogens with zero attached hydrogens (tertiary/aromatic N) is 3. The molecular formula is C22H21N3O2S. The van der Waals surface area contributed by atoms with E-state index in [1.807, 2.05) is 46.2 Å². The third-order valence-corrected chi connectivity index (χ3v) is 6.89. The van der Waals surface area contributed by atoms with Crippen molar-refractivity contribution in [3.8, 4) is 0 Å². The van der Waals surface area contributed by atoms with E-state index in [1.165, 1.54) is 0 Å². The van der Waals surface area contributed by atoms with Crippen molar-refractivity contribution >= 4 is 33.2 Å². The molecule has 0 N–H and O–H groups in total. The Labute approximate surface area is 167 Å². The van der Waals surface area contributed by atoms with Gasteiger partial charge in [-0.25, -0.2) is 0 Å². The molecule has 3 aromatic rings. The van der Waals surface area contributed by atoms with E-state index < -0.39 is 0 Å². The molecule has 5 heterocycles. The molecule has 0 spiro atoms. The monoisotopic (exact) mass is 391 g/mol. The zero-order valence-electron chi connectivity index (χ0n) is 15.5. The van der Waals surface area contributed by atoms with Crippen LogP contribution in [0.15, 0.2) is 54.7 Å². The summed E-state index contributed by atoms with van der Waals surface area (Å²) in [7, 11) is 0. The minimum Gasteiger partial charge on any atom is -0.335 e. The van der Waals surface area contributed by atoms with E-state index in [-0.39, 0.29) is 17.9 Å². The van der Waals surface area contributed by atoms with Gasteiger partial charge in [-0.1, -0.05) is 24.3 Å². The number of rotatable bonds is 2. The topological polar surface area (TPSA) is 53.5 Å². The van der Waals surface area contributed by atoms with Gasteiger partial charge in [-0.15, -0.1) is 11.3 Å². The summed E-state index contributed by atoms with van der Waals surface area (Å²) in [6.07, 6.45) is 3.66. The van der Waals surface area contributed by atoms with E-state index in [1.54, 1.807) is 23.6 Å². The van der Waals surface area contributed by atoms with Crippen LogP contribution in [0.1, 0.15) is 33.0 Å². The van der Waals surface area contributed by atoms with Crippen LogP contribution in [0.2, 0.25) is 0 Å². The maximum Gasteiger partial charge on any atom is 0.272 e. The number of carbonyl (C=O) groups excluding carboxylic acids is 2. The van der Waals surface area contributed by atoms with Crippen LogP contribution in [-0.2, 0) is 0 Å². The molecule has 0 aliphatic carbocycles. The van der Waals surface area contributed by atoms with Crippen molar-refractivity contribution in [3.63, 3.8) is 0 Å². The van der Waals surface area contributed by atoms with Crippen LogP contribution in [0, 0.1) is 5.92 Å². The minimum absolute atomic E-state index is 0.0336. The number of benzene rings is 1. The lowest BCUT2D eigenvalue weighted by molar-refractivity contribution is 0.0578. The van der Waals surface area contributed by atoms with Crippen molar-refractivity contribution in [3.05, 3.63) is 65.3 Å². The molecule has 142 valence electrons. The summed E-state index contributed by atoms with van der Waals surface area (Å²) >= 11 is 1.56. The van der Waals surface area contributed by atoms with Gasteiger partial charge in [-0.05, 0) is 48.4 Å². The Hall–Kier alpha value is -2.73. The molecule has 0 radical (unpaired) electrons. The van der Waals surface area contributed by atoms with Gasteiger partial charge in [0.25, 0.3) is 11.8 Å². The van der Waals surface area contributed by atoms with Crippen LogP contribution in [-0.4, -0.2) is 52.3 Å². The van der Waals surface area contributed by atoms with E-state index in [4.69, 9.17) is 0 Å². The molecule has 3 saturated heterocycles. The van der Waals surface area contributed by atoms with E-state index in [9.17, 15) is 9.59 Å². The molecule has 3 aliphatic heterocycles. The van der Waals surface area contributed by atoms with Gasteiger partial charge in [0.05, 0.1) is 4.88 Å². The number of thiophene rings is 1. The lowest BCUT2D eigenvalue weighted by atomic mass is 9.95. The summed E-state index contributed by atoms with van der Waals surface area (Å²) in [6, 6.07) is 15.6. The van der Waals surface area contributed by atoms with Gasteiger partial charge >= 0.3 is 0 Å². The number of piperidine rings is 1. The second kappa shape index (κ2) is 7.02. The number of hydrogen-bond acceptors (Lipinski definition) is 4. The molecule has 1 aromatic carbocycles. The van der Waals surface area contributed by atoms with Crippen molar-refractivity contribution in [2.45, 2.75) is 18.9 Å². The van der Waals surface area contributed by atoms with Crippen molar-refractivity contribution in [1.29, 1.82) is 0 Å². The molecule has 2 aromatic heterocycles. The highest BCUT2D eigenvalue weighted by Crippen LogP contribution is 2.32. The van der Waals surface area contributed by atoms with Crippen molar-refractivity contribution in [2.24, 2.45) is 5.92 Å². The van der Waals surface area contributed by atoms with Gasteiger partial charge in [-0.3, -0.25) is 14.6 Å². The van der Waals surface area contributed by atoms with Gasteiger partial charge < -0.3 is 9.80 Å². The molecule has 2 bridgehead atoms. The molecular weight excluding hydrogens is 370 g/mol. The van der Waals surface area contributed by atoms with Crippen LogP contribution in [0.25, 0.3) is 10.1 Å². The SMILES string of the molecule is O=C(c1ccccn1)N1C[C@@H]2CC[C@H](C1)N(C(=O)c1cc3ccccc3s1)C2. The second-order valence-electron chi connectivity index (χ2n) is 7.63. The fourth-order valence-electron chi connectivity index (χ4n) is 4.38. The van der Waals surface area contributed by atoms with Crippen LogP contribution in [0.3, 0.4) is 0 Å². The average molecular weight is 391 g/mol. The fourth-order valence-corrected chi connectivity index (χ4v) is 5.40. The smallest absolute Gasteiger partial charge is 0.272 e. The first kappa shape index (κ1) is 17.4. The molecule has 0 saturated carbocycles. The predicted octanol–water partition coefficient (Wildman–Crippen LogP) is 3.67. The van der Waals surface area contributed by atoms with Gasteiger partial charge in [0.1, 0.15) is 5.69 Å². The molecule has 3 aliphatic rings. The van der Waals surface area contributed by atoms with Gasteiger partial charge in [0.15, 0.2) is 0 Å². The van der Waals surface area contributed by atoms with E-state index in [0.29, 0.717) is 24.7 Å². The van der Waals surface area contributed by atoms with Gasteiger partial charge in [0.2, 0.25) is 0 Å². The molecule has 3 fully saturated rings. The highest BCUT2D eigenvalue weighted by atomic mass is 32.1. The molecule has 6 rings (SSSR count). The Kier molecular flexibility index (Phi) is 4.36. The molecule has 2 amide bonds. The summed E-state index contributed by atoms with van der Waals surface area (Å²) < 4.78 is 1.14. The number of carbonyl (C=O) groups is 2. The normalized spacial score (nSPS) is 21.7. The van der Waals surface area contributed by atoms with Crippen molar-refractivity contribution in [1.82, 2.24) is 14.8 Å². The van der Waals surface area contributed by atoms with Gasteiger partial charge in [0, 0.05) is 36.6 Å². The largest absolute Gasteiger partial charge is 0.335 e. The molecule has 2 atom stereocenters. The molecule has 5 nitrogen and oxygen atoms in total. The number of aromatic nitrogens is 1. The van der Waals surface area contributed by atoms with Crippen molar-refractivity contribution in [2.75, 3.05) is 19.6 Å². The van der Waals surface area contributed by atoms with Crippen LogP contribution in [0.4, 0.5) is 0 Å². The second-order valence-corrected chi connectivity index (χ2v) is 8.71. The average Bonchev–Trinajstić information content (AvgIpc) is 2.96. The van der Waals surface area contributed by atoms with Crippen LogP contribution in [0.5, 0.6) is 0 Å². The Morgan fingerprint density at radius 1 is 0.964 bits per heavy atom. The summed E-state index contributed by atoms with van der Waals surface area (Å²) in [5.74, 6) is 0.390. The lowest BCUT2D eigenvalue weighted by Gasteiger charge is -2.35. The quantitative estimate of drug-likeness (QED) is 0.670. The zero-order chi connectivity index (χ0) is 19.1. The standard InChI is InChI=1S/C22H21N3O2S/c26-21(18-6-3-4-10-23-18)24-12-15-8-9-17(14-24)25(13-15)22(27)20-11-16-5-1-2-7-19(16)28-20/h1-7,10-11,15,17H,8-9,12-14H2/t15-,17+/m0/s1. The predicted molar refractivity (Wildman–Crippen MR) is 110 cm³/mol. The van der Waals surface area contributed by atoms with Crippen molar-refractivity contribution < 1.29 is 9.59 Å². The van der Waals surface area contributed by atoms with Crippen LogP contribution < -0.4 is 0 Å². The number of fused-ring (bicyclic) bond motifs is 5. The Balaban J connectivity index is 1.39. The zero-order valence-corrected chi connectivity index (χ0v) is 16.3. The van der Waals surface area contributed by atoms with Gasteiger partial charge in [-0.2, -0.15) is 0 Å². The number of hydrogen-bond donors (Lipinski definition) is 0. The third-order valence-electron chi connectivity index (χ3n) is 5.78. The Morgan fingerprint density at radius 2 is 1.82 bits per heavy atom. The lowest BCUT2D eigenvalue weighted by Crippen LogP contribution is -2.47. The summed E-state index contributed by atoms with van der Waals surface area (Å²) in [4.78, 5) is 35.1. The first-order valence-corrected chi connectivity index (χ1v) is 10.5. The highest BCUT2D eigenvalue weighted by molar-refractivity contribution is 7.20.